The Kier molecular flexibility index (Phi) is 4.12. The van der Waals surface area contributed by atoms with Crippen LogP contribution in [-0.2, 0) is 15.2 Å². The van der Waals surface area contributed by atoms with Gasteiger partial charge in [0.2, 0.25) is 0 Å². The van der Waals surface area contributed by atoms with E-state index in [9.17, 15) is 8.42 Å². The molecular weight excluding hydrogens is 354 g/mol. The third-order valence-corrected chi connectivity index (χ3v) is 6.43. The van der Waals surface area contributed by atoms with Gasteiger partial charge in [0.25, 0.3) is 0 Å². The average molecular weight is 370 g/mol. The van der Waals surface area contributed by atoms with Gasteiger partial charge in [-0.1, -0.05) is 40.5 Å². The maximum absolute atomic E-state index is 12.4. The summed E-state index contributed by atoms with van der Waals surface area (Å²) in [6.45, 7) is 0. The first kappa shape index (κ1) is 14.7. The molecule has 2 heterocycles. The normalized spacial score (nSPS) is 21.3. The number of halogens is 1. The van der Waals surface area contributed by atoms with Gasteiger partial charge < -0.3 is 0 Å². The van der Waals surface area contributed by atoms with Crippen molar-refractivity contribution in [2.75, 3.05) is 5.75 Å². The fourth-order valence-corrected chi connectivity index (χ4v) is 4.98. The quantitative estimate of drug-likeness (QED) is 0.780. The van der Waals surface area contributed by atoms with Crippen LogP contribution in [0.1, 0.15) is 36.2 Å². The van der Waals surface area contributed by atoms with Crippen molar-refractivity contribution in [3.8, 4) is 5.69 Å². The molecule has 0 bridgehead atoms. The highest BCUT2D eigenvalue weighted by atomic mass is 79.9. The van der Waals surface area contributed by atoms with Crippen LogP contribution < -0.4 is 0 Å². The van der Waals surface area contributed by atoms with Crippen LogP contribution in [0.25, 0.3) is 5.69 Å². The second-order valence-electron chi connectivity index (χ2n) is 5.13. The molecule has 21 heavy (non-hydrogen) atoms. The minimum absolute atomic E-state index is 0.239. The summed E-state index contributed by atoms with van der Waals surface area (Å²) in [5.41, 5.74) is 0.896. The fourth-order valence-electron chi connectivity index (χ4n) is 2.73. The number of hydrogen-bond acceptors (Lipinski definition) is 4. The number of aromatic nitrogens is 3. The standard InChI is InChI=1S/C14H16BrN3O2S/c15-10-13-16-17-14(12-8-4-5-9-21(12,19)20)18(13)11-6-2-1-3-7-11/h1-3,6-7,12H,4-5,8-10H2. The predicted molar refractivity (Wildman–Crippen MR) is 84.4 cm³/mol. The summed E-state index contributed by atoms with van der Waals surface area (Å²) in [6, 6.07) is 9.65. The molecule has 1 unspecified atom stereocenters. The van der Waals surface area contributed by atoms with Crippen LogP contribution in [0.3, 0.4) is 0 Å². The van der Waals surface area contributed by atoms with Gasteiger partial charge in [0.05, 0.1) is 11.1 Å². The van der Waals surface area contributed by atoms with E-state index in [1.165, 1.54) is 0 Å². The number of rotatable bonds is 3. The molecular formula is C14H16BrN3O2S. The highest BCUT2D eigenvalue weighted by Gasteiger charge is 2.35. The Balaban J connectivity index is 2.14. The van der Waals surface area contributed by atoms with Gasteiger partial charge in [0.1, 0.15) is 11.1 Å². The minimum Gasteiger partial charge on any atom is -0.281 e. The molecule has 1 aliphatic heterocycles. The topological polar surface area (TPSA) is 64.8 Å². The summed E-state index contributed by atoms with van der Waals surface area (Å²) >= 11 is 3.40. The molecule has 1 aromatic carbocycles. The van der Waals surface area contributed by atoms with Gasteiger partial charge in [-0.2, -0.15) is 0 Å². The van der Waals surface area contributed by atoms with Crippen molar-refractivity contribution in [3.05, 3.63) is 42.0 Å². The number of benzene rings is 1. The van der Waals surface area contributed by atoms with Gasteiger partial charge in [-0.25, -0.2) is 8.42 Å². The summed E-state index contributed by atoms with van der Waals surface area (Å²) in [5.74, 6) is 1.50. The summed E-state index contributed by atoms with van der Waals surface area (Å²) < 4.78 is 26.6. The molecule has 2 aromatic rings. The van der Waals surface area contributed by atoms with Gasteiger partial charge in [0, 0.05) is 5.69 Å². The SMILES string of the molecule is O=S1(=O)CCCCC1c1nnc(CBr)n1-c1ccccc1. The summed E-state index contributed by atoms with van der Waals surface area (Å²) in [5, 5.41) is 8.32. The lowest BCUT2D eigenvalue weighted by atomic mass is 10.2. The average Bonchev–Trinajstić information content (AvgIpc) is 2.91. The van der Waals surface area contributed by atoms with Crippen molar-refractivity contribution in [2.24, 2.45) is 0 Å². The van der Waals surface area contributed by atoms with Gasteiger partial charge in [-0.05, 0) is 25.0 Å². The highest BCUT2D eigenvalue weighted by Crippen LogP contribution is 2.34. The van der Waals surface area contributed by atoms with E-state index in [-0.39, 0.29) is 5.75 Å². The van der Waals surface area contributed by atoms with Crippen LogP contribution in [0.4, 0.5) is 0 Å². The van der Waals surface area contributed by atoms with E-state index >= 15 is 0 Å². The summed E-state index contributed by atoms with van der Waals surface area (Å²) in [4.78, 5) is 0. The molecule has 0 N–H and O–H groups in total. The maximum atomic E-state index is 12.4. The maximum Gasteiger partial charge on any atom is 0.160 e. The third-order valence-electron chi connectivity index (χ3n) is 3.76. The van der Waals surface area contributed by atoms with Crippen molar-refractivity contribution in [3.63, 3.8) is 0 Å². The number of nitrogens with zero attached hydrogens (tertiary/aromatic N) is 3. The van der Waals surface area contributed by atoms with Crippen molar-refractivity contribution < 1.29 is 8.42 Å². The summed E-state index contributed by atoms with van der Waals surface area (Å²) in [7, 11) is -3.14. The molecule has 0 saturated carbocycles. The Bertz CT molecular complexity index is 728. The fraction of sp³-hybridized carbons (Fsp3) is 0.429. The van der Waals surface area contributed by atoms with E-state index in [4.69, 9.17) is 0 Å². The van der Waals surface area contributed by atoms with Gasteiger partial charge in [-0.15, -0.1) is 10.2 Å². The number of sulfone groups is 1. The Hall–Kier alpha value is -1.21. The predicted octanol–water partition coefficient (Wildman–Crippen LogP) is 2.80. The Labute approximate surface area is 132 Å². The monoisotopic (exact) mass is 369 g/mol. The largest absolute Gasteiger partial charge is 0.281 e. The van der Waals surface area contributed by atoms with Crippen molar-refractivity contribution >= 4 is 25.8 Å². The van der Waals surface area contributed by atoms with Crippen LogP contribution in [0.2, 0.25) is 0 Å². The van der Waals surface area contributed by atoms with Crippen LogP contribution in [0.15, 0.2) is 30.3 Å². The Morgan fingerprint density at radius 2 is 1.95 bits per heavy atom. The van der Waals surface area contributed by atoms with Crippen LogP contribution in [0.5, 0.6) is 0 Å². The molecule has 5 nitrogen and oxygen atoms in total. The molecule has 0 aliphatic carbocycles. The van der Waals surface area contributed by atoms with Crippen LogP contribution >= 0.6 is 15.9 Å². The molecule has 1 atom stereocenters. The number of hydrogen-bond donors (Lipinski definition) is 0. The van der Waals surface area contributed by atoms with Crippen molar-refractivity contribution in [1.82, 2.24) is 14.8 Å². The molecule has 1 saturated heterocycles. The zero-order chi connectivity index (χ0) is 14.9. The van der Waals surface area contributed by atoms with Crippen LogP contribution in [-0.4, -0.2) is 28.9 Å². The van der Waals surface area contributed by atoms with Crippen molar-refractivity contribution in [2.45, 2.75) is 29.8 Å². The summed E-state index contributed by atoms with van der Waals surface area (Å²) in [6.07, 6.45) is 2.27. The zero-order valence-electron chi connectivity index (χ0n) is 11.4. The molecule has 3 rings (SSSR count). The smallest absolute Gasteiger partial charge is 0.160 e. The molecule has 0 spiro atoms. The lowest BCUT2D eigenvalue weighted by Crippen LogP contribution is -2.24. The van der Waals surface area contributed by atoms with E-state index in [0.717, 1.165) is 24.4 Å². The Morgan fingerprint density at radius 3 is 2.62 bits per heavy atom. The van der Waals surface area contributed by atoms with Crippen molar-refractivity contribution in [1.29, 1.82) is 0 Å². The van der Waals surface area contributed by atoms with E-state index < -0.39 is 15.1 Å². The minimum atomic E-state index is -3.14. The number of alkyl halides is 1. The van der Waals surface area contributed by atoms with E-state index in [0.29, 0.717) is 17.6 Å². The molecule has 112 valence electrons. The zero-order valence-corrected chi connectivity index (χ0v) is 13.8. The molecule has 7 heteroatoms. The molecule has 0 radical (unpaired) electrons. The first-order valence-electron chi connectivity index (χ1n) is 6.90. The first-order valence-corrected chi connectivity index (χ1v) is 9.74. The highest BCUT2D eigenvalue weighted by molar-refractivity contribution is 9.08. The van der Waals surface area contributed by atoms with E-state index in [2.05, 4.69) is 26.1 Å². The lowest BCUT2D eigenvalue weighted by Gasteiger charge is -2.22. The molecule has 1 aliphatic rings. The van der Waals surface area contributed by atoms with Gasteiger partial charge in [0.15, 0.2) is 15.7 Å². The Morgan fingerprint density at radius 1 is 1.19 bits per heavy atom. The third kappa shape index (κ3) is 2.76. The first-order chi connectivity index (χ1) is 10.1. The second kappa shape index (κ2) is 5.88. The lowest BCUT2D eigenvalue weighted by molar-refractivity contribution is 0.535. The van der Waals surface area contributed by atoms with Crippen LogP contribution in [0, 0.1) is 0 Å². The number of para-hydroxylation sites is 1. The van der Waals surface area contributed by atoms with E-state index in [1.54, 1.807) is 0 Å². The van der Waals surface area contributed by atoms with Gasteiger partial charge >= 0.3 is 0 Å². The molecule has 1 aromatic heterocycles. The molecule has 0 amide bonds. The second-order valence-corrected chi connectivity index (χ2v) is 7.99. The van der Waals surface area contributed by atoms with E-state index in [1.807, 2.05) is 34.9 Å². The molecule has 1 fully saturated rings. The van der Waals surface area contributed by atoms with Gasteiger partial charge in [-0.3, -0.25) is 4.57 Å².